The summed E-state index contributed by atoms with van der Waals surface area (Å²) in [5.74, 6) is -0.170. The first-order chi connectivity index (χ1) is 13.2. The van der Waals surface area contributed by atoms with Crippen molar-refractivity contribution >= 4 is 17.3 Å². The third kappa shape index (κ3) is 3.32. The molecule has 1 unspecified atom stereocenters. The van der Waals surface area contributed by atoms with Gasteiger partial charge in [0.2, 0.25) is 0 Å². The summed E-state index contributed by atoms with van der Waals surface area (Å²) in [6, 6.07) is 28.4. The predicted molar refractivity (Wildman–Crippen MR) is 106 cm³/mol. The second-order valence-corrected chi connectivity index (χ2v) is 6.68. The SMILES string of the molecule is O=C1NC(CC(=O)c2ccccc2)(c2ccccc2)C=C1c1ccccc1. The number of Topliss-reactive ketones (excluding diaryl/α,β-unsaturated/α-hetero) is 1. The highest BCUT2D eigenvalue weighted by molar-refractivity contribution is 6.22. The van der Waals surface area contributed by atoms with E-state index < -0.39 is 5.54 Å². The third-order valence-electron chi connectivity index (χ3n) is 4.88. The molecule has 132 valence electrons. The van der Waals surface area contributed by atoms with E-state index in [2.05, 4.69) is 5.32 Å². The van der Waals surface area contributed by atoms with Crippen molar-refractivity contribution in [2.45, 2.75) is 12.0 Å². The van der Waals surface area contributed by atoms with E-state index in [1.165, 1.54) is 0 Å². The number of amides is 1. The molecular weight excluding hydrogens is 334 g/mol. The normalized spacial score (nSPS) is 18.7. The van der Waals surface area contributed by atoms with Gasteiger partial charge in [0.1, 0.15) is 0 Å². The largest absolute Gasteiger partial charge is 0.338 e. The first-order valence-electron chi connectivity index (χ1n) is 8.92. The Bertz CT molecular complexity index is 994. The van der Waals surface area contributed by atoms with Crippen molar-refractivity contribution in [1.82, 2.24) is 5.32 Å². The Morgan fingerprint density at radius 3 is 1.96 bits per heavy atom. The summed E-state index contributed by atoms with van der Waals surface area (Å²) < 4.78 is 0. The van der Waals surface area contributed by atoms with Crippen LogP contribution in [0.15, 0.2) is 97.1 Å². The molecule has 1 aliphatic heterocycles. The Balaban J connectivity index is 1.78. The monoisotopic (exact) mass is 353 g/mol. The lowest BCUT2D eigenvalue weighted by Crippen LogP contribution is -2.41. The molecule has 0 saturated heterocycles. The van der Waals surface area contributed by atoms with E-state index in [0.29, 0.717) is 11.1 Å². The number of nitrogens with one attached hydrogen (secondary N) is 1. The van der Waals surface area contributed by atoms with E-state index in [0.717, 1.165) is 11.1 Å². The Labute approximate surface area is 158 Å². The minimum absolute atomic E-state index is 0.00897. The Hall–Kier alpha value is -3.46. The molecule has 3 nitrogen and oxygen atoms in total. The van der Waals surface area contributed by atoms with Crippen LogP contribution >= 0.6 is 0 Å². The highest BCUT2D eigenvalue weighted by Gasteiger charge is 2.41. The van der Waals surface area contributed by atoms with Crippen molar-refractivity contribution in [2.24, 2.45) is 0 Å². The number of ketones is 1. The molecule has 0 saturated carbocycles. The van der Waals surface area contributed by atoms with Gasteiger partial charge in [0, 0.05) is 17.6 Å². The summed E-state index contributed by atoms with van der Waals surface area (Å²) in [6.45, 7) is 0. The molecule has 1 atom stereocenters. The molecule has 27 heavy (non-hydrogen) atoms. The van der Waals surface area contributed by atoms with E-state index in [9.17, 15) is 9.59 Å². The molecule has 0 spiro atoms. The fourth-order valence-corrected chi connectivity index (χ4v) is 3.52. The van der Waals surface area contributed by atoms with Gasteiger partial charge in [-0.2, -0.15) is 0 Å². The van der Waals surface area contributed by atoms with Crippen LogP contribution in [0.3, 0.4) is 0 Å². The van der Waals surface area contributed by atoms with E-state index in [-0.39, 0.29) is 18.1 Å². The summed E-state index contributed by atoms with van der Waals surface area (Å²) in [4.78, 5) is 25.7. The van der Waals surface area contributed by atoms with E-state index >= 15 is 0 Å². The molecule has 1 amide bonds. The van der Waals surface area contributed by atoms with Gasteiger partial charge in [-0.15, -0.1) is 0 Å². The van der Waals surface area contributed by atoms with Crippen LogP contribution in [0.2, 0.25) is 0 Å². The lowest BCUT2D eigenvalue weighted by Gasteiger charge is -2.28. The first-order valence-corrected chi connectivity index (χ1v) is 8.92. The maximum atomic E-state index is 12.9. The summed E-state index contributed by atoms with van der Waals surface area (Å²) in [7, 11) is 0. The maximum absolute atomic E-state index is 12.9. The molecule has 0 aliphatic carbocycles. The third-order valence-corrected chi connectivity index (χ3v) is 4.88. The highest BCUT2D eigenvalue weighted by Crippen LogP contribution is 2.37. The van der Waals surface area contributed by atoms with Crippen molar-refractivity contribution in [3.05, 3.63) is 114 Å². The van der Waals surface area contributed by atoms with E-state index in [1.54, 1.807) is 12.1 Å². The topological polar surface area (TPSA) is 46.2 Å². The zero-order valence-corrected chi connectivity index (χ0v) is 14.8. The van der Waals surface area contributed by atoms with Gasteiger partial charge in [0.25, 0.3) is 5.91 Å². The van der Waals surface area contributed by atoms with Crippen LogP contribution < -0.4 is 5.32 Å². The second kappa shape index (κ2) is 7.04. The van der Waals surface area contributed by atoms with Crippen LogP contribution in [-0.4, -0.2) is 11.7 Å². The zero-order valence-electron chi connectivity index (χ0n) is 14.8. The van der Waals surface area contributed by atoms with Crippen LogP contribution in [-0.2, 0) is 10.3 Å². The standard InChI is InChI=1S/C24H19NO2/c26-22(19-12-6-2-7-13-19)17-24(20-14-8-3-9-15-20)16-21(23(27)25-24)18-10-4-1-5-11-18/h1-16H,17H2,(H,25,27). The van der Waals surface area contributed by atoms with Gasteiger partial charge < -0.3 is 5.32 Å². The Morgan fingerprint density at radius 2 is 1.33 bits per heavy atom. The summed E-state index contributed by atoms with van der Waals surface area (Å²) in [5, 5.41) is 3.08. The van der Waals surface area contributed by atoms with Crippen molar-refractivity contribution in [3.63, 3.8) is 0 Å². The Morgan fingerprint density at radius 1 is 0.778 bits per heavy atom. The molecule has 1 heterocycles. The highest BCUT2D eigenvalue weighted by atomic mass is 16.2. The fraction of sp³-hybridized carbons (Fsp3) is 0.0833. The number of hydrogen-bond acceptors (Lipinski definition) is 2. The van der Waals surface area contributed by atoms with Gasteiger partial charge in [-0.25, -0.2) is 0 Å². The smallest absolute Gasteiger partial charge is 0.252 e. The maximum Gasteiger partial charge on any atom is 0.252 e. The average molecular weight is 353 g/mol. The van der Waals surface area contributed by atoms with Gasteiger partial charge in [-0.3, -0.25) is 9.59 Å². The van der Waals surface area contributed by atoms with E-state index in [4.69, 9.17) is 0 Å². The number of hydrogen-bond donors (Lipinski definition) is 1. The number of benzene rings is 3. The first kappa shape index (κ1) is 17.0. The van der Waals surface area contributed by atoms with Crippen LogP contribution in [0.1, 0.15) is 27.9 Å². The molecule has 0 radical (unpaired) electrons. The number of carbonyl (C=O) groups excluding carboxylic acids is 2. The van der Waals surface area contributed by atoms with Crippen LogP contribution in [0.4, 0.5) is 0 Å². The summed E-state index contributed by atoms with van der Waals surface area (Å²) in [6.07, 6.45) is 2.07. The minimum Gasteiger partial charge on any atom is -0.338 e. The van der Waals surface area contributed by atoms with Crippen molar-refractivity contribution in [1.29, 1.82) is 0 Å². The van der Waals surface area contributed by atoms with Crippen LogP contribution in [0.5, 0.6) is 0 Å². The fourth-order valence-electron chi connectivity index (χ4n) is 3.52. The molecule has 1 N–H and O–H groups in total. The van der Waals surface area contributed by atoms with Crippen molar-refractivity contribution < 1.29 is 9.59 Å². The lowest BCUT2D eigenvalue weighted by molar-refractivity contribution is -0.116. The van der Waals surface area contributed by atoms with Crippen LogP contribution in [0, 0.1) is 0 Å². The lowest BCUT2D eigenvalue weighted by atomic mass is 9.84. The Kier molecular flexibility index (Phi) is 4.43. The molecule has 1 aliphatic rings. The molecule has 4 rings (SSSR count). The number of rotatable bonds is 5. The predicted octanol–water partition coefficient (Wildman–Crippen LogP) is 4.37. The average Bonchev–Trinajstić information content (AvgIpc) is 3.07. The van der Waals surface area contributed by atoms with Crippen molar-refractivity contribution in [2.75, 3.05) is 0 Å². The van der Waals surface area contributed by atoms with Gasteiger partial charge >= 0.3 is 0 Å². The molecule has 3 aromatic carbocycles. The van der Waals surface area contributed by atoms with Crippen molar-refractivity contribution in [3.8, 4) is 0 Å². The molecule has 0 aromatic heterocycles. The minimum atomic E-state index is -0.851. The molecule has 3 aromatic rings. The molecule has 0 fully saturated rings. The molecule has 0 bridgehead atoms. The quantitative estimate of drug-likeness (QED) is 0.693. The summed E-state index contributed by atoms with van der Waals surface area (Å²) >= 11 is 0. The van der Waals surface area contributed by atoms with Gasteiger partial charge in [-0.05, 0) is 17.2 Å². The van der Waals surface area contributed by atoms with Crippen LogP contribution in [0.25, 0.3) is 5.57 Å². The molecule has 3 heteroatoms. The van der Waals surface area contributed by atoms with E-state index in [1.807, 2.05) is 84.9 Å². The number of carbonyl (C=O) groups is 2. The molecular formula is C24H19NO2. The zero-order chi connectivity index (χ0) is 18.7. The second-order valence-electron chi connectivity index (χ2n) is 6.68. The van der Waals surface area contributed by atoms with Gasteiger partial charge in [0.05, 0.1) is 5.54 Å². The summed E-state index contributed by atoms with van der Waals surface area (Å²) in [5.41, 5.74) is 2.13. The van der Waals surface area contributed by atoms with Gasteiger partial charge in [0.15, 0.2) is 5.78 Å². The van der Waals surface area contributed by atoms with Gasteiger partial charge in [-0.1, -0.05) is 91.0 Å².